The van der Waals surface area contributed by atoms with E-state index in [0.29, 0.717) is 18.0 Å². The summed E-state index contributed by atoms with van der Waals surface area (Å²) in [5.74, 6) is 0.170. The number of ether oxygens (including phenoxy) is 1. The molecule has 6 heteroatoms. The van der Waals surface area contributed by atoms with Crippen molar-refractivity contribution in [2.24, 2.45) is 5.73 Å². The van der Waals surface area contributed by atoms with Gasteiger partial charge in [0.05, 0.1) is 19.3 Å². The summed E-state index contributed by atoms with van der Waals surface area (Å²) in [5, 5.41) is 2.80. The number of anilines is 1. The van der Waals surface area contributed by atoms with Crippen LogP contribution in [0.2, 0.25) is 0 Å². The third kappa shape index (κ3) is 6.11. The molecule has 2 aromatic rings. The molecule has 2 amide bonds. The van der Waals surface area contributed by atoms with Gasteiger partial charge in [0.2, 0.25) is 11.8 Å². The van der Waals surface area contributed by atoms with Crippen molar-refractivity contribution in [1.82, 2.24) is 4.90 Å². The largest absolute Gasteiger partial charge is 0.495 e. The molecule has 3 N–H and O–H groups in total. The molecule has 0 saturated carbocycles. The molecule has 2 aromatic carbocycles. The number of nitrogens with one attached hydrogen (secondary N) is 1. The molecule has 0 radical (unpaired) electrons. The van der Waals surface area contributed by atoms with E-state index in [1.807, 2.05) is 49.4 Å². The Hall–Kier alpha value is -2.86. The lowest BCUT2D eigenvalue weighted by molar-refractivity contribution is -0.135. The predicted octanol–water partition coefficient (Wildman–Crippen LogP) is 2.96. The lowest BCUT2D eigenvalue weighted by Gasteiger charge is -2.23. The maximum absolute atomic E-state index is 12.7. The number of benzene rings is 2. The smallest absolute Gasteiger partial charge is 0.244 e. The van der Waals surface area contributed by atoms with Gasteiger partial charge >= 0.3 is 0 Å². The van der Waals surface area contributed by atoms with Crippen molar-refractivity contribution in [3.05, 3.63) is 60.2 Å². The van der Waals surface area contributed by atoms with E-state index in [0.717, 1.165) is 12.0 Å². The second kappa shape index (κ2) is 10.3. The molecule has 0 saturated heterocycles. The van der Waals surface area contributed by atoms with E-state index < -0.39 is 6.04 Å². The van der Waals surface area contributed by atoms with E-state index in [9.17, 15) is 9.59 Å². The Balaban J connectivity index is 1.99. The van der Waals surface area contributed by atoms with Gasteiger partial charge in [-0.2, -0.15) is 0 Å². The molecule has 0 aliphatic heterocycles. The number of amides is 2. The summed E-state index contributed by atoms with van der Waals surface area (Å²) < 4.78 is 5.24. The minimum absolute atomic E-state index is 0.0216. The van der Waals surface area contributed by atoms with Gasteiger partial charge in [-0.05, 0) is 24.1 Å². The Bertz CT molecular complexity index is 749. The highest BCUT2D eigenvalue weighted by Gasteiger charge is 2.20. The fourth-order valence-corrected chi connectivity index (χ4v) is 2.81. The van der Waals surface area contributed by atoms with Crippen LogP contribution in [0.1, 0.15) is 31.4 Å². The van der Waals surface area contributed by atoms with E-state index in [4.69, 9.17) is 10.5 Å². The van der Waals surface area contributed by atoms with Gasteiger partial charge in [0.1, 0.15) is 5.75 Å². The number of carbonyl (C=O) groups is 2. The number of methoxy groups -OCH3 is 1. The summed E-state index contributed by atoms with van der Waals surface area (Å²) in [6.45, 7) is 2.45. The lowest BCUT2D eigenvalue weighted by atomic mass is 10.0. The highest BCUT2D eigenvalue weighted by molar-refractivity contribution is 5.95. The molecule has 1 atom stereocenters. The third-order valence-electron chi connectivity index (χ3n) is 4.18. The maximum Gasteiger partial charge on any atom is 0.244 e. The molecule has 0 aromatic heterocycles. The van der Waals surface area contributed by atoms with Crippen molar-refractivity contribution in [2.45, 2.75) is 25.8 Å². The molecular formula is C21H27N3O3. The Labute approximate surface area is 160 Å². The monoisotopic (exact) mass is 369 g/mol. The minimum atomic E-state index is -0.393. The van der Waals surface area contributed by atoms with Crippen molar-refractivity contribution >= 4 is 17.5 Å². The van der Waals surface area contributed by atoms with Crippen LogP contribution in [0.25, 0.3) is 0 Å². The Morgan fingerprint density at radius 2 is 1.78 bits per heavy atom. The maximum atomic E-state index is 12.7. The number of hydrogen-bond donors (Lipinski definition) is 2. The number of rotatable bonds is 9. The van der Waals surface area contributed by atoms with Crippen LogP contribution in [-0.2, 0) is 9.59 Å². The number of para-hydroxylation sites is 2. The Kier molecular flexibility index (Phi) is 7.82. The summed E-state index contributed by atoms with van der Waals surface area (Å²) in [6, 6.07) is 16.3. The van der Waals surface area contributed by atoms with E-state index in [-0.39, 0.29) is 24.8 Å². The van der Waals surface area contributed by atoms with Gasteiger partial charge in [-0.1, -0.05) is 49.4 Å². The van der Waals surface area contributed by atoms with E-state index in [2.05, 4.69) is 5.32 Å². The van der Waals surface area contributed by atoms with Gasteiger partial charge in [0.25, 0.3) is 0 Å². The first-order chi connectivity index (χ1) is 13.0. The third-order valence-corrected chi connectivity index (χ3v) is 4.18. The Morgan fingerprint density at radius 1 is 1.11 bits per heavy atom. The second-order valence-electron chi connectivity index (χ2n) is 6.29. The van der Waals surface area contributed by atoms with Crippen LogP contribution in [0.15, 0.2) is 54.6 Å². The molecule has 0 bridgehead atoms. The topological polar surface area (TPSA) is 84.7 Å². The van der Waals surface area contributed by atoms with Crippen LogP contribution >= 0.6 is 0 Å². The van der Waals surface area contributed by atoms with Crippen LogP contribution < -0.4 is 15.8 Å². The quantitative estimate of drug-likeness (QED) is 0.712. The van der Waals surface area contributed by atoms with Crippen LogP contribution in [0.5, 0.6) is 5.75 Å². The summed E-state index contributed by atoms with van der Waals surface area (Å²) in [4.78, 5) is 26.7. The fraction of sp³-hybridized carbons (Fsp3) is 0.333. The lowest BCUT2D eigenvalue weighted by Crippen LogP contribution is -2.39. The number of nitrogens with zero attached hydrogens (tertiary/aromatic N) is 1. The van der Waals surface area contributed by atoms with Crippen LogP contribution in [0, 0.1) is 0 Å². The molecule has 27 heavy (non-hydrogen) atoms. The van der Waals surface area contributed by atoms with Gasteiger partial charge in [-0.25, -0.2) is 0 Å². The molecular weight excluding hydrogens is 342 g/mol. The van der Waals surface area contributed by atoms with Crippen LogP contribution in [-0.4, -0.2) is 36.9 Å². The highest BCUT2D eigenvalue weighted by Crippen LogP contribution is 2.23. The van der Waals surface area contributed by atoms with Crippen molar-refractivity contribution in [3.63, 3.8) is 0 Å². The highest BCUT2D eigenvalue weighted by atomic mass is 16.5. The van der Waals surface area contributed by atoms with Crippen molar-refractivity contribution in [1.29, 1.82) is 0 Å². The zero-order valence-electron chi connectivity index (χ0n) is 15.9. The standard InChI is InChI=1S/C21H27N3O3/c1-3-13-24(21(26)14-17(22)16-9-5-4-6-10-16)15-20(25)23-18-11-7-8-12-19(18)27-2/h4-12,17H,3,13-15,22H2,1-2H3,(H,23,25). The van der Waals surface area contributed by atoms with Crippen molar-refractivity contribution in [2.75, 3.05) is 25.5 Å². The van der Waals surface area contributed by atoms with Gasteiger partial charge in [0, 0.05) is 19.0 Å². The molecule has 1 unspecified atom stereocenters. The molecule has 0 aliphatic rings. The first-order valence-electron chi connectivity index (χ1n) is 9.06. The SMILES string of the molecule is CCCN(CC(=O)Nc1ccccc1OC)C(=O)CC(N)c1ccccc1. The zero-order chi connectivity index (χ0) is 19.6. The first kappa shape index (κ1) is 20.5. The van der Waals surface area contributed by atoms with Gasteiger partial charge in [0.15, 0.2) is 0 Å². The summed E-state index contributed by atoms with van der Waals surface area (Å²) in [7, 11) is 1.54. The summed E-state index contributed by atoms with van der Waals surface area (Å²) in [5.41, 5.74) is 7.64. The fourth-order valence-electron chi connectivity index (χ4n) is 2.81. The van der Waals surface area contributed by atoms with Gasteiger partial charge in [-0.15, -0.1) is 0 Å². The summed E-state index contributed by atoms with van der Waals surface area (Å²) >= 11 is 0. The van der Waals surface area contributed by atoms with Gasteiger partial charge < -0.3 is 20.7 Å². The van der Waals surface area contributed by atoms with E-state index in [1.54, 1.807) is 24.1 Å². The molecule has 0 aliphatic carbocycles. The van der Waals surface area contributed by atoms with Crippen molar-refractivity contribution in [3.8, 4) is 5.75 Å². The first-order valence-corrected chi connectivity index (χ1v) is 9.06. The molecule has 6 nitrogen and oxygen atoms in total. The van der Waals surface area contributed by atoms with Crippen LogP contribution in [0.3, 0.4) is 0 Å². The zero-order valence-corrected chi connectivity index (χ0v) is 15.9. The van der Waals surface area contributed by atoms with Gasteiger partial charge in [-0.3, -0.25) is 9.59 Å². The molecule has 144 valence electrons. The minimum Gasteiger partial charge on any atom is -0.495 e. The van der Waals surface area contributed by atoms with Crippen LogP contribution in [0.4, 0.5) is 5.69 Å². The van der Waals surface area contributed by atoms with E-state index in [1.165, 1.54) is 0 Å². The summed E-state index contributed by atoms with van der Waals surface area (Å²) in [6.07, 6.45) is 0.917. The number of carbonyl (C=O) groups excluding carboxylic acids is 2. The molecule has 2 rings (SSSR count). The number of hydrogen-bond acceptors (Lipinski definition) is 4. The average Bonchev–Trinajstić information content (AvgIpc) is 2.68. The Morgan fingerprint density at radius 3 is 2.44 bits per heavy atom. The average molecular weight is 369 g/mol. The predicted molar refractivity (Wildman–Crippen MR) is 106 cm³/mol. The molecule has 0 heterocycles. The normalized spacial score (nSPS) is 11.5. The number of nitrogens with two attached hydrogens (primary N) is 1. The van der Waals surface area contributed by atoms with Crippen molar-refractivity contribution < 1.29 is 14.3 Å². The second-order valence-corrected chi connectivity index (χ2v) is 6.29. The van der Waals surface area contributed by atoms with E-state index >= 15 is 0 Å². The molecule has 0 fully saturated rings. The molecule has 0 spiro atoms.